The van der Waals surface area contributed by atoms with E-state index in [0.29, 0.717) is 11.3 Å². The number of nitrogens with zero attached hydrogens (tertiary/aromatic N) is 4. The minimum absolute atomic E-state index is 0. The van der Waals surface area contributed by atoms with Gasteiger partial charge < -0.3 is 25.3 Å². The number of ether oxygens (including phenoxy) is 1. The third-order valence-corrected chi connectivity index (χ3v) is 9.40. The van der Waals surface area contributed by atoms with Gasteiger partial charge >= 0.3 is 47.6 Å². The van der Waals surface area contributed by atoms with E-state index >= 15 is 0 Å². The number of rotatable bonds is 9. The zero-order chi connectivity index (χ0) is 33.6. The van der Waals surface area contributed by atoms with Gasteiger partial charge in [0.15, 0.2) is 0 Å². The summed E-state index contributed by atoms with van der Waals surface area (Å²) in [6, 6.07) is 9.42. The number of hydrazine groups is 1. The zero-order valence-corrected chi connectivity index (χ0v) is 28.4. The second-order valence-corrected chi connectivity index (χ2v) is 12.2. The third-order valence-electron chi connectivity index (χ3n) is 8.06. The number of nitrogens with one attached hydrogen (secondary N) is 3. The largest absolute Gasteiger partial charge is 1.00 e. The minimum atomic E-state index is -1.59. The van der Waals surface area contributed by atoms with Gasteiger partial charge in [-0.25, -0.2) is 19.9 Å². The smallest absolute Gasteiger partial charge is 0.543 e. The number of hydrogen-bond acceptors (Lipinski definition) is 12. The Morgan fingerprint density at radius 3 is 2.52 bits per heavy atom. The van der Waals surface area contributed by atoms with Crippen molar-refractivity contribution in [2.24, 2.45) is 0 Å². The molecule has 2 aromatic carbocycles. The first-order valence-corrected chi connectivity index (χ1v) is 15.3. The summed E-state index contributed by atoms with van der Waals surface area (Å²) in [5, 5.41) is 28.7. The number of fused-ring (bicyclic) bond motifs is 2. The van der Waals surface area contributed by atoms with Gasteiger partial charge in [-0.05, 0) is 23.3 Å². The number of carbonyl (C=O) groups excluding carboxylic acids is 6. The number of amides is 6. The molecule has 0 aliphatic carbocycles. The van der Waals surface area contributed by atoms with Crippen molar-refractivity contribution < 1.29 is 73.1 Å². The summed E-state index contributed by atoms with van der Waals surface area (Å²) in [4.78, 5) is 87.0. The first-order valence-electron chi connectivity index (χ1n) is 14.2. The molecule has 6 rings (SSSR count). The van der Waals surface area contributed by atoms with Crippen LogP contribution in [0.5, 0.6) is 0 Å². The van der Waals surface area contributed by atoms with Crippen molar-refractivity contribution in [2.45, 2.75) is 36.8 Å². The standard InChI is InChI=1S/C29H27N7O10S.Na/c1-14(37)46-12-17-13-47-26-23(25(39)34(26)24(17)27(40)41)31-21(38)10-15-3-2-4-18(9-15)30-28(42)33-11-20-22(32-35(20)29(33)43)16-5-7-19(8-6-16)36(44)45;/h2-9,20,22-23,26,32H,10-13H2,1H3,(H,30,42)(H,31,38)(H,40,41);/q;+1/p-1/t20?,22?,23?,26-;/m0./s1. The summed E-state index contributed by atoms with van der Waals surface area (Å²) in [6.45, 7) is 0.959. The molecule has 3 fully saturated rings. The maximum absolute atomic E-state index is 13.0. The number of carbonyl (C=O) groups is 6. The van der Waals surface area contributed by atoms with Crippen molar-refractivity contribution in [1.29, 1.82) is 0 Å². The molecule has 0 saturated carbocycles. The van der Waals surface area contributed by atoms with E-state index in [-0.39, 0.29) is 83.9 Å². The Balaban J connectivity index is 0.00000451. The summed E-state index contributed by atoms with van der Waals surface area (Å²) in [7, 11) is 0. The number of benzene rings is 2. The van der Waals surface area contributed by atoms with Crippen LogP contribution in [0.25, 0.3) is 0 Å². The number of esters is 1. The van der Waals surface area contributed by atoms with Crippen LogP contribution in [-0.4, -0.2) is 91.9 Å². The molecular weight excluding hydrogens is 661 g/mol. The molecule has 3 N–H and O–H groups in total. The number of imide groups is 1. The number of nitro benzene ring substituents is 1. The van der Waals surface area contributed by atoms with E-state index < -0.39 is 52.2 Å². The van der Waals surface area contributed by atoms with E-state index in [1.54, 1.807) is 36.4 Å². The summed E-state index contributed by atoms with van der Waals surface area (Å²) < 4.78 is 4.90. The van der Waals surface area contributed by atoms with E-state index in [1.807, 2.05) is 0 Å². The fourth-order valence-corrected chi connectivity index (χ4v) is 7.11. The quantitative estimate of drug-likeness (QED) is 0.0789. The van der Waals surface area contributed by atoms with Crippen LogP contribution in [0.2, 0.25) is 0 Å². The molecule has 4 atom stereocenters. The molecule has 0 spiro atoms. The molecule has 17 nitrogen and oxygen atoms in total. The molecule has 0 radical (unpaired) electrons. The van der Waals surface area contributed by atoms with Crippen molar-refractivity contribution in [3.8, 4) is 0 Å². The van der Waals surface area contributed by atoms with Crippen LogP contribution in [0.4, 0.5) is 21.0 Å². The van der Waals surface area contributed by atoms with Crippen LogP contribution in [-0.2, 0) is 30.3 Å². The molecule has 244 valence electrons. The average Bonchev–Trinajstić information content (AvgIpc) is 3.27. The van der Waals surface area contributed by atoms with E-state index in [2.05, 4.69) is 16.1 Å². The van der Waals surface area contributed by atoms with E-state index in [0.717, 1.165) is 15.4 Å². The number of carboxylic acids is 1. The molecule has 0 aromatic heterocycles. The maximum Gasteiger partial charge on any atom is 1.00 e. The number of non-ortho nitro benzene ring substituents is 1. The summed E-state index contributed by atoms with van der Waals surface area (Å²) in [5.41, 5.74) is 4.31. The number of hydrogen-bond donors (Lipinski definition) is 3. The van der Waals surface area contributed by atoms with Crippen LogP contribution in [0.3, 0.4) is 0 Å². The Hall–Kier alpha value is -4.49. The second kappa shape index (κ2) is 13.9. The van der Waals surface area contributed by atoms with Gasteiger partial charge in [0.2, 0.25) is 5.91 Å². The predicted octanol–water partition coefficient (Wildman–Crippen LogP) is -2.99. The molecule has 48 heavy (non-hydrogen) atoms. The van der Waals surface area contributed by atoms with Gasteiger partial charge in [0.05, 0.1) is 41.6 Å². The van der Waals surface area contributed by atoms with Gasteiger partial charge in [-0.2, -0.15) is 0 Å². The van der Waals surface area contributed by atoms with Crippen LogP contribution in [0.1, 0.15) is 24.1 Å². The maximum atomic E-state index is 13.0. The summed E-state index contributed by atoms with van der Waals surface area (Å²) in [5.74, 6) is -3.19. The topological polar surface area (TPSA) is 224 Å². The molecule has 2 aromatic rings. The number of nitro groups is 1. The van der Waals surface area contributed by atoms with Gasteiger partial charge in [0, 0.05) is 36.1 Å². The summed E-state index contributed by atoms with van der Waals surface area (Å²) in [6.07, 6.45) is -0.162. The Morgan fingerprint density at radius 1 is 1.12 bits per heavy atom. The van der Waals surface area contributed by atoms with E-state index in [4.69, 9.17) is 4.74 Å². The fourth-order valence-electron chi connectivity index (χ4n) is 5.78. The van der Waals surface area contributed by atoms with Crippen molar-refractivity contribution in [2.75, 3.05) is 24.2 Å². The number of urea groups is 2. The van der Waals surface area contributed by atoms with Crippen LogP contribution >= 0.6 is 11.8 Å². The van der Waals surface area contributed by atoms with E-state index in [1.165, 1.54) is 35.8 Å². The molecular formula is C29H26N7NaO10S. The molecule has 4 aliphatic rings. The Morgan fingerprint density at radius 2 is 1.85 bits per heavy atom. The predicted molar refractivity (Wildman–Crippen MR) is 160 cm³/mol. The molecule has 4 aliphatic heterocycles. The summed E-state index contributed by atoms with van der Waals surface area (Å²) >= 11 is 1.22. The van der Waals surface area contributed by atoms with Crippen LogP contribution in [0.15, 0.2) is 59.8 Å². The number of carboxylic acid groups (broad SMARTS) is 1. The van der Waals surface area contributed by atoms with Crippen molar-refractivity contribution >= 4 is 59.0 Å². The first kappa shape index (κ1) is 34.8. The number of thioether (sulfide) groups is 1. The molecule has 0 bridgehead atoms. The van der Waals surface area contributed by atoms with Crippen molar-refractivity contribution in [3.05, 3.63) is 81.0 Å². The zero-order valence-electron chi connectivity index (χ0n) is 25.5. The van der Waals surface area contributed by atoms with Gasteiger partial charge in [-0.3, -0.25) is 34.4 Å². The normalized spacial score (nSPS) is 22.4. The Kier molecular flexibility index (Phi) is 10.1. The SMILES string of the molecule is CC(=O)OCC1=C(C(=O)[O-])N2C(=O)C(NC(=O)Cc3cccc(NC(=O)N4CC5C(c6ccc([N+](=O)[O-])cc6)NN5C4=O)c3)[C@@H]2SC1.[Na+]. The molecule has 3 saturated heterocycles. The van der Waals surface area contributed by atoms with Gasteiger partial charge in [-0.1, -0.05) is 24.3 Å². The first-order chi connectivity index (χ1) is 22.4. The van der Waals surface area contributed by atoms with Crippen molar-refractivity contribution in [1.82, 2.24) is 25.6 Å². The fraction of sp³-hybridized carbons (Fsp3) is 0.310. The van der Waals surface area contributed by atoms with Gasteiger partial charge in [-0.15, -0.1) is 11.8 Å². The van der Waals surface area contributed by atoms with Gasteiger partial charge in [0.1, 0.15) is 18.0 Å². The van der Waals surface area contributed by atoms with Crippen molar-refractivity contribution in [3.63, 3.8) is 0 Å². The minimum Gasteiger partial charge on any atom is -0.543 e. The Labute approximate surface area is 298 Å². The number of anilines is 1. The molecule has 3 unspecified atom stereocenters. The van der Waals surface area contributed by atoms with Crippen LogP contribution < -0.4 is 50.7 Å². The monoisotopic (exact) mass is 687 g/mol. The Bertz CT molecular complexity index is 1760. The second-order valence-electron chi connectivity index (χ2n) is 11.1. The van der Waals surface area contributed by atoms with Gasteiger partial charge in [0.25, 0.3) is 11.6 Å². The number of aliphatic carboxylic acids is 1. The van der Waals surface area contributed by atoms with Crippen LogP contribution in [0, 0.1) is 10.1 Å². The molecule has 6 amide bonds. The molecule has 4 heterocycles. The number of β-lactam (4-membered cyclic amide) rings is 1. The third kappa shape index (κ3) is 6.61. The van der Waals surface area contributed by atoms with E-state index in [9.17, 15) is 44.0 Å². The average molecular weight is 688 g/mol. The molecule has 19 heteroatoms.